The number of aromatic nitrogens is 3. The summed E-state index contributed by atoms with van der Waals surface area (Å²) in [6, 6.07) is 0. The topological polar surface area (TPSA) is 64.8 Å². The highest BCUT2D eigenvalue weighted by molar-refractivity contribution is 8.13. The first-order valence-electron chi connectivity index (χ1n) is 5.31. The van der Waals surface area contributed by atoms with Gasteiger partial charge in [-0.15, -0.1) is 10.2 Å². The fourth-order valence-electron chi connectivity index (χ4n) is 1.61. The standard InChI is InChI=1S/C8H8ClF6N3O2S/c1-2-3-18-5(16-17-6(18)21(9,19)20)4(7(10,11)12)8(13,14)15/h4H,2-3H2,1H3. The summed E-state index contributed by atoms with van der Waals surface area (Å²) < 4.78 is 98.4. The minimum atomic E-state index is -5.70. The minimum absolute atomic E-state index is 0.0485. The van der Waals surface area contributed by atoms with E-state index in [0.717, 1.165) is 0 Å². The second kappa shape index (κ2) is 5.63. The second-order valence-electron chi connectivity index (χ2n) is 3.95. The molecule has 0 saturated heterocycles. The molecule has 5 nitrogen and oxygen atoms in total. The van der Waals surface area contributed by atoms with E-state index in [0.29, 0.717) is 0 Å². The maximum absolute atomic E-state index is 12.6. The molecule has 1 heterocycles. The molecule has 122 valence electrons. The van der Waals surface area contributed by atoms with Crippen LogP contribution >= 0.6 is 10.7 Å². The zero-order valence-electron chi connectivity index (χ0n) is 10.2. The fourth-order valence-corrected chi connectivity index (χ4v) is 2.53. The number of halogens is 7. The van der Waals surface area contributed by atoms with Gasteiger partial charge in [0.1, 0.15) is 0 Å². The van der Waals surface area contributed by atoms with Crippen molar-refractivity contribution in [3.05, 3.63) is 5.82 Å². The number of rotatable bonds is 4. The molecule has 1 rings (SSSR count). The number of hydrogen-bond acceptors (Lipinski definition) is 4. The molecule has 0 aliphatic carbocycles. The Morgan fingerprint density at radius 1 is 1.14 bits per heavy atom. The van der Waals surface area contributed by atoms with Gasteiger partial charge in [-0.25, -0.2) is 8.42 Å². The van der Waals surface area contributed by atoms with Crippen LogP contribution in [0.15, 0.2) is 5.16 Å². The Hall–Kier alpha value is -1.04. The van der Waals surface area contributed by atoms with Gasteiger partial charge in [-0.1, -0.05) is 6.92 Å². The monoisotopic (exact) mass is 359 g/mol. The van der Waals surface area contributed by atoms with Crippen LogP contribution in [0, 0.1) is 0 Å². The molecule has 0 radical (unpaired) electrons. The normalized spacial score (nSPS) is 14.0. The van der Waals surface area contributed by atoms with Crippen molar-refractivity contribution in [2.75, 3.05) is 0 Å². The van der Waals surface area contributed by atoms with E-state index in [1.54, 1.807) is 0 Å². The van der Waals surface area contributed by atoms with E-state index in [9.17, 15) is 34.8 Å². The average Bonchev–Trinajstić information content (AvgIpc) is 2.57. The highest BCUT2D eigenvalue weighted by atomic mass is 35.7. The fraction of sp³-hybridized carbons (Fsp3) is 0.750. The predicted octanol–water partition coefficient (Wildman–Crippen LogP) is 2.82. The van der Waals surface area contributed by atoms with Crippen molar-refractivity contribution in [3.63, 3.8) is 0 Å². The second-order valence-corrected chi connectivity index (χ2v) is 6.41. The lowest BCUT2D eigenvalue weighted by Crippen LogP contribution is -2.36. The van der Waals surface area contributed by atoms with Gasteiger partial charge in [0.25, 0.3) is 14.2 Å². The van der Waals surface area contributed by atoms with Gasteiger partial charge in [-0.3, -0.25) is 0 Å². The van der Waals surface area contributed by atoms with Gasteiger partial charge in [0, 0.05) is 17.2 Å². The Balaban J connectivity index is 3.58. The van der Waals surface area contributed by atoms with Gasteiger partial charge >= 0.3 is 12.4 Å². The first-order chi connectivity index (χ1) is 9.30. The van der Waals surface area contributed by atoms with Crippen LogP contribution in [0.25, 0.3) is 0 Å². The summed E-state index contributed by atoms with van der Waals surface area (Å²) in [6.07, 6.45) is -11.4. The minimum Gasteiger partial charge on any atom is -0.300 e. The van der Waals surface area contributed by atoms with Crippen LogP contribution in [0.3, 0.4) is 0 Å². The van der Waals surface area contributed by atoms with Crippen LogP contribution in [-0.2, 0) is 15.6 Å². The lowest BCUT2D eigenvalue weighted by Gasteiger charge is -2.22. The molecule has 0 aliphatic heterocycles. The zero-order chi connectivity index (χ0) is 16.6. The van der Waals surface area contributed by atoms with Crippen molar-refractivity contribution in [3.8, 4) is 0 Å². The molecule has 0 bridgehead atoms. The molecular weight excluding hydrogens is 352 g/mol. The summed E-state index contributed by atoms with van der Waals surface area (Å²) in [5.74, 6) is -5.51. The average molecular weight is 360 g/mol. The Labute approximate surface area is 119 Å². The van der Waals surface area contributed by atoms with Crippen LogP contribution in [0.4, 0.5) is 26.3 Å². The van der Waals surface area contributed by atoms with E-state index < -0.39 is 44.8 Å². The van der Waals surface area contributed by atoms with Gasteiger partial charge in [-0.05, 0) is 6.42 Å². The summed E-state index contributed by atoms with van der Waals surface area (Å²) in [7, 11) is 0.300. The van der Waals surface area contributed by atoms with Crippen LogP contribution in [0.5, 0.6) is 0 Å². The predicted molar refractivity (Wildman–Crippen MR) is 58.2 cm³/mol. The Morgan fingerprint density at radius 2 is 1.62 bits per heavy atom. The van der Waals surface area contributed by atoms with Crippen molar-refractivity contribution in [1.29, 1.82) is 0 Å². The molecule has 0 amide bonds. The van der Waals surface area contributed by atoms with Crippen LogP contribution < -0.4 is 0 Å². The molecule has 0 saturated carbocycles. The molecule has 13 heteroatoms. The van der Waals surface area contributed by atoms with E-state index >= 15 is 0 Å². The molecule has 0 spiro atoms. The van der Waals surface area contributed by atoms with E-state index in [4.69, 9.17) is 10.7 Å². The van der Waals surface area contributed by atoms with Gasteiger partial charge in [0.05, 0.1) is 0 Å². The highest BCUT2D eigenvalue weighted by Gasteiger charge is 2.60. The Morgan fingerprint density at radius 3 is 1.95 bits per heavy atom. The number of hydrogen-bond donors (Lipinski definition) is 0. The lowest BCUT2D eigenvalue weighted by molar-refractivity contribution is -0.256. The largest absolute Gasteiger partial charge is 0.407 e. The van der Waals surface area contributed by atoms with Crippen molar-refractivity contribution in [2.45, 2.75) is 43.3 Å². The van der Waals surface area contributed by atoms with Gasteiger partial charge in [0.15, 0.2) is 5.82 Å². The molecule has 0 aliphatic rings. The third-order valence-corrected chi connectivity index (χ3v) is 3.48. The molecule has 1 aromatic heterocycles. The third-order valence-electron chi connectivity index (χ3n) is 2.32. The van der Waals surface area contributed by atoms with Crippen LogP contribution in [0.1, 0.15) is 25.1 Å². The van der Waals surface area contributed by atoms with Gasteiger partial charge in [0.2, 0.25) is 5.92 Å². The SMILES string of the molecule is CCCn1c(C(C(F)(F)F)C(F)(F)F)nnc1S(=O)(=O)Cl. The molecule has 0 unspecified atom stereocenters. The maximum Gasteiger partial charge on any atom is 0.407 e. The summed E-state index contributed by atoms with van der Waals surface area (Å²) in [6.45, 7) is 0.955. The van der Waals surface area contributed by atoms with Gasteiger partial charge in [-0.2, -0.15) is 26.3 Å². The maximum atomic E-state index is 12.6. The quantitative estimate of drug-likeness (QED) is 0.612. The Kier molecular flexibility index (Phi) is 4.83. The summed E-state index contributed by atoms with van der Waals surface area (Å²) in [4.78, 5) is 0. The van der Waals surface area contributed by atoms with Gasteiger partial charge < -0.3 is 4.57 Å². The third kappa shape index (κ3) is 3.99. The summed E-state index contributed by atoms with van der Waals surface area (Å²) in [5.41, 5.74) is 0. The highest BCUT2D eigenvalue weighted by Crippen LogP contribution is 2.46. The van der Waals surface area contributed by atoms with E-state index in [-0.39, 0.29) is 11.0 Å². The molecule has 0 fully saturated rings. The molecule has 0 N–H and O–H groups in total. The van der Waals surface area contributed by atoms with Crippen molar-refractivity contribution >= 4 is 19.7 Å². The molecule has 21 heavy (non-hydrogen) atoms. The van der Waals surface area contributed by atoms with E-state index in [1.165, 1.54) is 6.92 Å². The Bertz CT molecular complexity index is 595. The first kappa shape index (κ1) is 18.0. The van der Waals surface area contributed by atoms with Crippen molar-refractivity contribution < 1.29 is 34.8 Å². The van der Waals surface area contributed by atoms with Crippen molar-refractivity contribution in [2.24, 2.45) is 0 Å². The van der Waals surface area contributed by atoms with Crippen LogP contribution in [0.2, 0.25) is 0 Å². The summed E-state index contributed by atoms with van der Waals surface area (Å²) in [5, 5.41) is 4.44. The summed E-state index contributed by atoms with van der Waals surface area (Å²) >= 11 is 0. The smallest absolute Gasteiger partial charge is 0.300 e. The molecular formula is C8H8ClF6N3O2S. The lowest BCUT2D eigenvalue weighted by atomic mass is 10.1. The van der Waals surface area contributed by atoms with E-state index in [2.05, 4.69) is 10.2 Å². The van der Waals surface area contributed by atoms with E-state index in [1.807, 2.05) is 0 Å². The molecule has 1 aromatic rings. The molecule has 0 atom stereocenters. The first-order valence-corrected chi connectivity index (χ1v) is 7.62. The number of nitrogens with zero attached hydrogens (tertiary/aromatic N) is 3. The zero-order valence-corrected chi connectivity index (χ0v) is 11.8. The van der Waals surface area contributed by atoms with Crippen LogP contribution in [-0.4, -0.2) is 35.5 Å². The number of alkyl halides is 6. The molecule has 0 aromatic carbocycles. The van der Waals surface area contributed by atoms with Crippen molar-refractivity contribution in [1.82, 2.24) is 14.8 Å².